The zero-order valence-electron chi connectivity index (χ0n) is 15.1. The number of rotatable bonds is 5. The molecule has 0 saturated carbocycles. The van der Waals surface area contributed by atoms with Crippen molar-refractivity contribution in [2.45, 2.75) is 31.1 Å². The molecule has 142 valence electrons. The molecule has 9 nitrogen and oxygen atoms in total. The van der Waals surface area contributed by atoms with Crippen LogP contribution in [-0.2, 0) is 15.4 Å². The third-order valence-corrected chi connectivity index (χ3v) is 5.10. The van der Waals surface area contributed by atoms with Gasteiger partial charge in [-0.1, -0.05) is 20.8 Å². The van der Waals surface area contributed by atoms with Gasteiger partial charge in [-0.15, -0.1) is 4.83 Å². The number of benzene rings is 1. The van der Waals surface area contributed by atoms with E-state index >= 15 is 0 Å². The van der Waals surface area contributed by atoms with Gasteiger partial charge in [0.25, 0.3) is 15.9 Å². The molecule has 2 heterocycles. The number of carbonyl (C=O) groups is 1. The first-order valence-corrected chi connectivity index (χ1v) is 9.63. The van der Waals surface area contributed by atoms with E-state index in [0.29, 0.717) is 5.69 Å². The fraction of sp³-hybridized carbons (Fsp3) is 0.235. The van der Waals surface area contributed by atoms with Crippen LogP contribution in [0.4, 0.5) is 0 Å². The van der Waals surface area contributed by atoms with Gasteiger partial charge in [-0.2, -0.15) is 10.2 Å². The third kappa shape index (κ3) is 4.23. The Kier molecular flexibility index (Phi) is 4.85. The molecular formula is C17H20N6O3S. The van der Waals surface area contributed by atoms with Crippen LogP contribution in [0.3, 0.4) is 0 Å². The van der Waals surface area contributed by atoms with Gasteiger partial charge in [0.05, 0.1) is 10.6 Å². The minimum absolute atomic E-state index is 0.0103. The Balaban J connectivity index is 1.67. The molecule has 3 aromatic rings. The molecule has 27 heavy (non-hydrogen) atoms. The molecule has 0 aliphatic rings. The second-order valence-corrected chi connectivity index (χ2v) is 8.60. The maximum Gasteiger partial charge on any atom is 0.286 e. The van der Waals surface area contributed by atoms with Gasteiger partial charge in [-0.25, -0.2) is 13.1 Å². The third-order valence-electron chi connectivity index (χ3n) is 3.83. The van der Waals surface area contributed by atoms with Crippen molar-refractivity contribution >= 4 is 15.9 Å². The number of sulfonamides is 1. The van der Waals surface area contributed by atoms with Crippen LogP contribution in [-0.4, -0.2) is 34.3 Å². The molecule has 0 bridgehead atoms. The van der Waals surface area contributed by atoms with E-state index in [1.807, 2.05) is 20.8 Å². The molecule has 0 spiro atoms. The molecule has 0 aliphatic heterocycles. The summed E-state index contributed by atoms with van der Waals surface area (Å²) in [5.74, 6) is -0.654. The first-order valence-electron chi connectivity index (χ1n) is 8.15. The number of H-pyrrole nitrogens is 1. The van der Waals surface area contributed by atoms with Crippen molar-refractivity contribution in [1.29, 1.82) is 0 Å². The van der Waals surface area contributed by atoms with Crippen molar-refractivity contribution in [3.8, 4) is 5.69 Å². The molecule has 0 unspecified atom stereocenters. The summed E-state index contributed by atoms with van der Waals surface area (Å²) in [5, 5.41) is 10.8. The standard InChI is InChI=1S/C17H20N6O3S/c1-17(2,3)15-11-14(19-20-15)16(24)21-22-27(25,26)13-7-5-12(6-8-13)23-10-4-9-18-23/h4-11,22H,1-3H3,(H,19,20)(H,21,24). The Bertz CT molecular complexity index is 1030. The van der Waals surface area contributed by atoms with Crippen LogP contribution in [0, 0.1) is 0 Å². The van der Waals surface area contributed by atoms with Crippen LogP contribution >= 0.6 is 0 Å². The van der Waals surface area contributed by atoms with Gasteiger partial charge in [-0.3, -0.25) is 15.3 Å². The van der Waals surface area contributed by atoms with Gasteiger partial charge in [0.15, 0.2) is 5.69 Å². The van der Waals surface area contributed by atoms with Crippen molar-refractivity contribution in [1.82, 2.24) is 30.2 Å². The second kappa shape index (κ2) is 6.97. The molecule has 1 amide bonds. The maximum absolute atomic E-state index is 12.4. The molecule has 0 aliphatic carbocycles. The second-order valence-electron chi connectivity index (χ2n) is 6.92. The van der Waals surface area contributed by atoms with Gasteiger partial charge < -0.3 is 0 Å². The lowest BCUT2D eigenvalue weighted by molar-refractivity contribution is 0.0940. The van der Waals surface area contributed by atoms with Crippen LogP contribution in [0.2, 0.25) is 0 Å². The van der Waals surface area contributed by atoms with E-state index < -0.39 is 15.9 Å². The first-order chi connectivity index (χ1) is 12.7. The number of hydrogen-bond donors (Lipinski definition) is 3. The molecule has 3 N–H and O–H groups in total. The lowest BCUT2D eigenvalue weighted by Crippen LogP contribution is -2.41. The summed E-state index contributed by atoms with van der Waals surface area (Å²) in [6.45, 7) is 5.91. The zero-order chi connectivity index (χ0) is 19.7. The largest absolute Gasteiger partial charge is 0.286 e. The van der Waals surface area contributed by atoms with Crippen LogP contribution in [0.1, 0.15) is 37.0 Å². The quantitative estimate of drug-likeness (QED) is 0.572. The summed E-state index contributed by atoms with van der Waals surface area (Å²) in [5.41, 5.74) is 3.54. The molecule has 10 heteroatoms. The van der Waals surface area contributed by atoms with Crippen molar-refractivity contribution in [3.63, 3.8) is 0 Å². The summed E-state index contributed by atoms with van der Waals surface area (Å²) < 4.78 is 26.3. The number of hydrogen-bond acceptors (Lipinski definition) is 5. The molecule has 0 saturated heterocycles. The van der Waals surface area contributed by atoms with Crippen LogP contribution in [0.15, 0.2) is 53.7 Å². The van der Waals surface area contributed by atoms with Gasteiger partial charge in [0, 0.05) is 23.5 Å². The van der Waals surface area contributed by atoms with E-state index in [2.05, 4.69) is 25.6 Å². The number of amides is 1. The molecule has 1 aromatic carbocycles. The highest BCUT2D eigenvalue weighted by molar-refractivity contribution is 7.89. The van der Waals surface area contributed by atoms with Crippen molar-refractivity contribution in [2.24, 2.45) is 0 Å². The van der Waals surface area contributed by atoms with Crippen molar-refractivity contribution in [2.75, 3.05) is 0 Å². The maximum atomic E-state index is 12.4. The summed E-state index contributed by atoms with van der Waals surface area (Å²) in [7, 11) is -3.92. The lowest BCUT2D eigenvalue weighted by Gasteiger charge is -2.14. The Hall–Kier alpha value is -2.98. The Morgan fingerprint density at radius 3 is 2.44 bits per heavy atom. The van der Waals surface area contributed by atoms with Crippen molar-refractivity contribution in [3.05, 3.63) is 60.2 Å². The molecular weight excluding hydrogens is 368 g/mol. The summed E-state index contributed by atoms with van der Waals surface area (Å²) in [6, 6.07) is 9.44. The van der Waals surface area contributed by atoms with E-state index in [0.717, 1.165) is 5.69 Å². The number of nitrogens with zero attached hydrogens (tertiary/aromatic N) is 3. The fourth-order valence-electron chi connectivity index (χ4n) is 2.26. The number of aromatic amines is 1. The molecule has 0 radical (unpaired) electrons. The smallest absolute Gasteiger partial charge is 0.281 e. The fourth-order valence-corrected chi connectivity index (χ4v) is 3.10. The summed E-state index contributed by atoms with van der Waals surface area (Å²) in [6.07, 6.45) is 3.37. The normalized spacial score (nSPS) is 12.1. The van der Waals surface area contributed by atoms with E-state index in [9.17, 15) is 13.2 Å². The van der Waals surface area contributed by atoms with Gasteiger partial charge in [-0.05, 0) is 36.4 Å². The van der Waals surface area contributed by atoms with Gasteiger partial charge in [0.1, 0.15) is 0 Å². The lowest BCUT2D eigenvalue weighted by atomic mass is 9.92. The highest BCUT2D eigenvalue weighted by Gasteiger charge is 2.21. The first kappa shape index (κ1) is 18.8. The number of hydrazine groups is 1. The Labute approximate surface area is 156 Å². The summed E-state index contributed by atoms with van der Waals surface area (Å²) >= 11 is 0. The molecule has 3 rings (SSSR count). The average Bonchev–Trinajstić information content (AvgIpc) is 3.31. The monoisotopic (exact) mass is 388 g/mol. The Morgan fingerprint density at radius 1 is 1.19 bits per heavy atom. The number of carbonyl (C=O) groups excluding carboxylic acids is 1. The molecule has 0 fully saturated rings. The van der Waals surface area contributed by atoms with E-state index in [-0.39, 0.29) is 16.0 Å². The van der Waals surface area contributed by atoms with E-state index in [1.165, 1.54) is 12.1 Å². The van der Waals surface area contributed by atoms with Crippen LogP contribution in [0.25, 0.3) is 5.69 Å². The van der Waals surface area contributed by atoms with E-state index in [4.69, 9.17) is 0 Å². The number of aromatic nitrogens is 4. The topological polar surface area (TPSA) is 122 Å². The minimum atomic E-state index is -3.92. The van der Waals surface area contributed by atoms with Gasteiger partial charge >= 0.3 is 0 Å². The van der Waals surface area contributed by atoms with Crippen LogP contribution in [0.5, 0.6) is 0 Å². The minimum Gasteiger partial charge on any atom is -0.281 e. The predicted molar refractivity (Wildman–Crippen MR) is 98.6 cm³/mol. The zero-order valence-corrected chi connectivity index (χ0v) is 15.9. The van der Waals surface area contributed by atoms with Crippen LogP contribution < -0.4 is 10.3 Å². The van der Waals surface area contributed by atoms with E-state index in [1.54, 1.807) is 41.3 Å². The highest BCUT2D eigenvalue weighted by Crippen LogP contribution is 2.20. The van der Waals surface area contributed by atoms with Gasteiger partial charge in [0.2, 0.25) is 0 Å². The molecule has 0 atom stereocenters. The number of nitrogens with one attached hydrogen (secondary N) is 3. The van der Waals surface area contributed by atoms with Crippen molar-refractivity contribution < 1.29 is 13.2 Å². The SMILES string of the molecule is CC(C)(C)c1cc(C(=O)NNS(=O)(=O)c2ccc(-n3cccn3)cc2)n[nH]1. The average molecular weight is 388 g/mol. The molecule has 2 aromatic heterocycles. The Morgan fingerprint density at radius 2 is 1.89 bits per heavy atom. The predicted octanol–water partition coefficient (Wildman–Crippen LogP) is 1.52. The highest BCUT2D eigenvalue weighted by atomic mass is 32.2. The summed E-state index contributed by atoms with van der Waals surface area (Å²) in [4.78, 5) is 14.2.